The van der Waals surface area contributed by atoms with Gasteiger partial charge in [-0.15, -0.1) is 0 Å². The van der Waals surface area contributed by atoms with E-state index in [4.69, 9.17) is 21.1 Å². The van der Waals surface area contributed by atoms with Crippen LogP contribution in [-0.2, 0) is 14.3 Å². The van der Waals surface area contributed by atoms with Crippen LogP contribution in [0.3, 0.4) is 0 Å². The Morgan fingerprint density at radius 2 is 1.92 bits per heavy atom. The maximum Gasteiger partial charge on any atom is 0.350 e. The molecule has 1 saturated heterocycles. The van der Waals surface area contributed by atoms with Crippen molar-refractivity contribution < 1.29 is 29.0 Å². The number of rotatable bonds is 9. The molecule has 0 bridgehead atoms. The maximum atomic E-state index is 13.4. The molecule has 1 aromatic heterocycles. The number of aliphatic hydroxyl groups is 1. The molecule has 4 rings (SSSR count). The summed E-state index contributed by atoms with van der Waals surface area (Å²) >= 11 is 7.21. The standard InChI is InChI=1S/C28H27ClN2O6S/c1-4-6-13-37-20-12-8-10-18(15-20)23(32)21-22(17-9-7-11-19(29)14-17)31(26(34)24(21)33)28-30-16(3)25(38-28)27(35)36-5-2/h7-12,14-15,22,32H,4-6,13H2,1-3H3/b23-21+. The lowest BCUT2D eigenvalue weighted by Crippen LogP contribution is -2.29. The van der Waals surface area contributed by atoms with Gasteiger partial charge < -0.3 is 14.6 Å². The molecule has 1 unspecified atom stereocenters. The van der Waals surface area contributed by atoms with Crippen LogP contribution in [0.15, 0.2) is 54.1 Å². The van der Waals surface area contributed by atoms with E-state index in [1.807, 2.05) is 0 Å². The molecule has 0 spiro atoms. The molecule has 0 radical (unpaired) electrons. The van der Waals surface area contributed by atoms with Crippen molar-refractivity contribution in [2.24, 2.45) is 0 Å². The number of aliphatic hydroxyl groups excluding tert-OH is 1. The molecule has 1 N–H and O–H groups in total. The highest BCUT2D eigenvalue weighted by Gasteiger charge is 2.48. The summed E-state index contributed by atoms with van der Waals surface area (Å²) < 4.78 is 10.9. The predicted molar refractivity (Wildman–Crippen MR) is 146 cm³/mol. The first kappa shape index (κ1) is 27.3. The Bertz CT molecular complexity index is 1420. The lowest BCUT2D eigenvalue weighted by molar-refractivity contribution is -0.132. The normalized spacial score (nSPS) is 16.6. The summed E-state index contributed by atoms with van der Waals surface area (Å²) in [6, 6.07) is 12.4. The highest BCUT2D eigenvalue weighted by molar-refractivity contribution is 7.17. The fraction of sp³-hybridized carbons (Fsp3) is 0.286. The van der Waals surface area contributed by atoms with Crippen molar-refractivity contribution in [2.45, 2.75) is 39.7 Å². The molecule has 198 valence electrons. The first-order valence-electron chi connectivity index (χ1n) is 12.2. The van der Waals surface area contributed by atoms with Crippen molar-refractivity contribution in [3.8, 4) is 5.75 Å². The number of carbonyl (C=O) groups excluding carboxylic acids is 3. The van der Waals surface area contributed by atoms with E-state index in [2.05, 4.69) is 11.9 Å². The Hall–Kier alpha value is -3.69. The van der Waals surface area contributed by atoms with Gasteiger partial charge in [0.05, 0.1) is 30.5 Å². The van der Waals surface area contributed by atoms with Crippen molar-refractivity contribution in [2.75, 3.05) is 18.1 Å². The van der Waals surface area contributed by atoms with Gasteiger partial charge in [-0.1, -0.05) is 60.5 Å². The van der Waals surface area contributed by atoms with Crippen LogP contribution in [0.5, 0.6) is 5.75 Å². The summed E-state index contributed by atoms with van der Waals surface area (Å²) in [7, 11) is 0. The Balaban J connectivity index is 1.85. The van der Waals surface area contributed by atoms with Crippen LogP contribution >= 0.6 is 22.9 Å². The molecule has 10 heteroatoms. The number of thiazole rings is 1. The summed E-state index contributed by atoms with van der Waals surface area (Å²) in [5, 5.41) is 11.9. The third-order valence-corrected chi connectivity index (χ3v) is 7.31. The molecule has 1 aliphatic rings. The van der Waals surface area contributed by atoms with Crippen LogP contribution in [0.4, 0.5) is 5.13 Å². The van der Waals surface area contributed by atoms with Gasteiger partial charge in [-0.25, -0.2) is 9.78 Å². The molecule has 8 nitrogen and oxygen atoms in total. The maximum absolute atomic E-state index is 13.4. The summed E-state index contributed by atoms with van der Waals surface area (Å²) in [5.41, 5.74) is 1.08. The van der Waals surface area contributed by atoms with Crippen LogP contribution in [0.2, 0.25) is 5.02 Å². The minimum atomic E-state index is -1.03. The second-order valence-electron chi connectivity index (χ2n) is 8.59. The van der Waals surface area contributed by atoms with Gasteiger partial charge in [-0.2, -0.15) is 0 Å². The van der Waals surface area contributed by atoms with E-state index in [1.54, 1.807) is 62.4 Å². The van der Waals surface area contributed by atoms with E-state index in [1.165, 1.54) is 4.90 Å². The lowest BCUT2D eigenvalue weighted by atomic mass is 9.95. The van der Waals surface area contributed by atoms with Crippen molar-refractivity contribution in [3.05, 3.63) is 80.8 Å². The molecule has 2 heterocycles. The van der Waals surface area contributed by atoms with Gasteiger partial charge >= 0.3 is 11.9 Å². The quantitative estimate of drug-likeness (QED) is 0.112. The fourth-order valence-corrected chi connectivity index (χ4v) is 5.30. The molecule has 0 aliphatic carbocycles. The molecule has 1 amide bonds. The van der Waals surface area contributed by atoms with Crippen LogP contribution in [-0.4, -0.2) is 41.0 Å². The molecule has 3 aromatic rings. The molecular weight excluding hydrogens is 528 g/mol. The highest BCUT2D eigenvalue weighted by Crippen LogP contribution is 2.44. The summed E-state index contributed by atoms with van der Waals surface area (Å²) in [5.74, 6) is -2.14. The number of carbonyl (C=O) groups is 3. The topological polar surface area (TPSA) is 106 Å². The summed E-state index contributed by atoms with van der Waals surface area (Å²) in [6.07, 6.45) is 1.84. The van der Waals surface area contributed by atoms with Gasteiger partial charge in [0, 0.05) is 10.6 Å². The summed E-state index contributed by atoms with van der Waals surface area (Å²) in [6.45, 7) is 6.07. The Kier molecular flexibility index (Phi) is 8.48. The van der Waals surface area contributed by atoms with Crippen molar-refractivity contribution in [3.63, 3.8) is 0 Å². The zero-order chi connectivity index (χ0) is 27.4. The minimum Gasteiger partial charge on any atom is -0.507 e. The number of nitrogens with zero attached hydrogens (tertiary/aromatic N) is 2. The number of anilines is 1. The summed E-state index contributed by atoms with van der Waals surface area (Å²) in [4.78, 5) is 45.1. The van der Waals surface area contributed by atoms with Crippen LogP contribution in [0, 0.1) is 6.92 Å². The molecule has 2 aromatic carbocycles. The number of amides is 1. The van der Waals surface area contributed by atoms with Gasteiger partial charge in [-0.05, 0) is 50.1 Å². The number of hydrogen-bond acceptors (Lipinski definition) is 8. The van der Waals surface area contributed by atoms with Gasteiger partial charge in [0.25, 0.3) is 5.78 Å². The van der Waals surface area contributed by atoms with E-state index in [-0.39, 0.29) is 27.9 Å². The number of benzene rings is 2. The number of ether oxygens (including phenoxy) is 2. The monoisotopic (exact) mass is 554 g/mol. The minimum absolute atomic E-state index is 0.117. The molecule has 1 fully saturated rings. The Morgan fingerprint density at radius 1 is 1.16 bits per heavy atom. The van der Waals surface area contributed by atoms with E-state index in [9.17, 15) is 19.5 Å². The zero-order valence-electron chi connectivity index (χ0n) is 21.2. The largest absolute Gasteiger partial charge is 0.507 e. The fourth-order valence-electron chi connectivity index (χ4n) is 4.12. The first-order chi connectivity index (χ1) is 18.3. The number of hydrogen-bond donors (Lipinski definition) is 1. The van der Waals surface area contributed by atoms with Gasteiger partial charge in [0.1, 0.15) is 16.4 Å². The highest BCUT2D eigenvalue weighted by atomic mass is 35.5. The van der Waals surface area contributed by atoms with E-state index in [0.29, 0.717) is 34.2 Å². The second-order valence-corrected chi connectivity index (χ2v) is 10.00. The van der Waals surface area contributed by atoms with E-state index >= 15 is 0 Å². The van der Waals surface area contributed by atoms with Gasteiger partial charge in [-0.3, -0.25) is 14.5 Å². The van der Waals surface area contributed by atoms with Crippen molar-refractivity contribution in [1.82, 2.24) is 4.98 Å². The predicted octanol–water partition coefficient (Wildman–Crippen LogP) is 6.09. The van der Waals surface area contributed by atoms with Gasteiger partial charge in [0.15, 0.2) is 5.13 Å². The Labute approximate surface area is 229 Å². The number of unbranched alkanes of at least 4 members (excludes halogenated alkanes) is 1. The number of Topliss-reactive ketones (excluding diaryl/α,β-unsaturated/α-hetero) is 1. The van der Waals surface area contributed by atoms with Crippen LogP contribution < -0.4 is 9.64 Å². The third kappa shape index (κ3) is 5.44. The SMILES string of the molecule is CCCCOc1cccc(/C(O)=C2\C(=O)C(=O)N(c3nc(C)c(C(=O)OCC)s3)C2c2cccc(Cl)c2)c1. The number of ketones is 1. The van der Waals surface area contributed by atoms with Crippen molar-refractivity contribution >= 4 is 51.5 Å². The number of halogens is 1. The van der Waals surface area contributed by atoms with E-state index < -0.39 is 23.7 Å². The molecule has 0 saturated carbocycles. The number of aromatic nitrogens is 1. The van der Waals surface area contributed by atoms with Crippen LogP contribution in [0.1, 0.15) is 59.2 Å². The molecule has 1 aliphatic heterocycles. The zero-order valence-corrected chi connectivity index (χ0v) is 22.8. The van der Waals surface area contributed by atoms with Crippen molar-refractivity contribution in [1.29, 1.82) is 0 Å². The lowest BCUT2D eigenvalue weighted by Gasteiger charge is -2.23. The first-order valence-corrected chi connectivity index (χ1v) is 13.4. The number of aryl methyl sites for hydroxylation is 1. The Morgan fingerprint density at radius 3 is 2.63 bits per heavy atom. The number of esters is 1. The smallest absolute Gasteiger partial charge is 0.350 e. The molecule has 38 heavy (non-hydrogen) atoms. The average molecular weight is 555 g/mol. The third-order valence-electron chi connectivity index (χ3n) is 5.94. The second kappa shape index (κ2) is 11.8. The molecule has 1 atom stereocenters. The van der Waals surface area contributed by atoms with Crippen LogP contribution in [0.25, 0.3) is 5.76 Å². The van der Waals surface area contributed by atoms with Gasteiger partial charge in [0.2, 0.25) is 0 Å². The molecular formula is C28H27ClN2O6S. The average Bonchev–Trinajstić information content (AvgIpc) is 3.41. The van der Waals surface area contributed by atoms with E-state index in [0.717, 1.165) is 24.2 Å².